The van der Waals surface area contributed by atoms with E-state index < -0.39 is 12.7 Å². The Morgan fingerprint density at radius 2 is 1.96 bits per heavy atom. The van der Waals surface area contributed by atoms with Crippen molar-refractivity contribution in [3.63, 3.8) is 0 Å². The number of halogens is 4. The van der Waals surface area contributed by atoms with Crippen LogP contribution in [0, 0.1) is 4.77 Å². The van der Waals surface area contributed by atoms with Gasteiger partial charge in [0.15, 0.2) is 5.82 Å². The predicted octanol–water partition coefficient (Wildman–Crippen LogP) is 4.49. The fraction of sp³-hybridized carbons (Fsp3) is 0.429. The van der Waals surface area contributed by atoms with Gasteiger partial charge in [-0.25, -0.2) is 4.68 Å². The largest absolute Gasteiger partial charge is 0.401 e. The third-order valence-corrected chi connectivity index (χ3v) is 3.64. The number of H-pyrrole nitrogens is 1. The van der Waals surface area contributed by atoms with Crippen LogP contribution in [-0.2, 0) is 6.67 Å². The molecule has 0 aliphatic carbocycles. The van der Waals surface area contributed by atoms with Gasteiger partial charge < -0.3 is 0 Å². The molecule has 0 fully saturated rings. The van der Waals surface area contributed by atoms with Crippen molar-refractivity contribution in [1.29, 1.82) is 0 Å². The maximum atomic E-state index is 12.6. The van der Waals surface area contributed by atoms with E-state index in [-0.39, 0.29) is 11.4 Å². The molecule has 0 saturated carbocycles. The smallest absolute Gasteiger partial charge is 0.278 e. The summed E-state index contributed by atoms with van der Waals surface area (Å²) in [5.74, 6) is 0.495. The van der Waals surface area contributed by atoms with Gasteiger partial charge in [0.2, 0.25) is 4.77 Å². The lowest BCUT2D eigenvalue weighted by Gasteiger charge is -2.22. The van der Waals surface area contributed by atoms with E-state index >= 15 is 0 Å². The number of nitrogens with zero attached hydrogens (tertiary/aromatic N) is 3. The second-order valence-electron chi connectivity index (χ2n) is 5.10. The summed E-state index contributed by atoms with van der Waals surface area (Å²) in [4.78, 5) is 5.47. The lowest BCUT2D eigenvalue weighted by atomic mass is 10.2. The molecule has 9 heteroatoms. The van der Waals surface area contributed by atoms with Crippen molar-refractivity contribution >= 4 is 23.8 Å². The summed E-state index contributed by atoms with van der Waals surface area (Å²) in [7, 11) is 0. The summed E-state index contributed by atoms with van der Waals surface area (Å²) in [5, 5.41) is 3.53. The zero-order chi connectivity index (χ0) is 17.0. The molecule has 2 aromatic rings. The van der Waals surface area contributed by atoms with Gasteiger partial charge in [0.25, 0.3) is 0 Å². The van der Waals surface area contributed by atoms with Crippen molar-refractivity contribution in [3.8, 4) is 11.4 Å². The van der Waals surface area contributed by atoms with Crippen LogP contribution < -0.4 is 0 Å². The summed E-state index contributed by atoms with van der Waals surface area (Å²) in [5.41, 5.74) is 0.761. The van der Waals surface area contributed by atoms with Gasteiger partial charge in [-0.15, -0.1) is 0 Å². The molecular formula is C14H16ClF3N4S. The average molecular weight is 365 g/mol. The molecule has 0 aliphatic rings. The third-order valence-electron chi connectivity index (χ3n) is 3.08. The van der Waals surface area contributed by atoms with Crippen molar-refractivity contribution in [2.24, 2.45) is 0 Å². The zero-order valence-corrected chi connectivity index (χ0v) is 14.0. The summed E-state index contributed by atoms with van der Waals surface area (Å²) in [6, 6.07) is 6.94. The first-order valence-corrected chi connectivity index (χ1v) is 7.79. The highest BCUT2D eigenvalue weighted by Crippen LogP contribution is 2.19. The number of nitrogens with one attached hydrogen (secondary N) is 1. The fourth-order valence-electron chi connectivity index (χ4n) is 2.16. The number of aromatic amines is 1. The quantitative estimate of drug-likeness (QED) is 0.767. The van der Waals surface area contributed by atoms with Gasteiger partial charge in [-0.1, -0.05) is 18.5 Å². The van der Waals surface area contributed by atoms with Crippen LogP contribution in [0.4, 0.5) is 13.2 Å². The zero-order valence-electron chi connectivity index (χ0n) is 12.4. The van der Waals surface area contributed by atoms with Crippen molar-refractivity contribution in [2.75, 3.05) is 13.1 Å². The molecule has 1 aromatic heterocycles. The molecule has 0 amide bonds. The summed E-state index contributed by atoms with van der Waals surface area (Å²) < 4.78 is 39.5. The highest BCUT2D eigenvalue weighted by molar-refractivity contribution is 7.71. The number of aromatic nitrogens is 3. The highest BCUT2D eigenvalue weighted by Gasteiger charge is 2.30. The molecule has 0 unspecified atom stereocenters. The molecular weight excluding hydrogens is 349 g/mol. The normalized spacial score (nSPS) is 12.1. The molecule has 1 heterocycles. The van der Waals surface area contributed by atoms with E-state index in [9.17, 15) is 13.2 Å². The summed E-state index contributed by atoms with van der Waals surface area (Å²) >= 11 is 11.0. The van der Waals surface area contributed by atoms with Crippen LogP contribution in [-0.4, -0.2) is 38.9 Å². The second kappa shape index (κ2) is 7.46. The lowest BCUT2D eigenvalue weighted by molar-refractivity contribution is -0.149. The Balaban J connectivity index is 2.19. The monoisotopic (exact) mass is 364 g/mol. The van der Waals surface area contributed by atoms with E-state index in [0.29, 0.717) is 23.8 Å². The minimum absolute atomic E-state index is 0.00672. The van der Waals surface area contributed by atoms with Gasteiger partial charge in [-0.05, 0) is 49.4 Å². The van der Waals surface area contributed by atoms with Crippen molar-refractivity contribution < 1.29 is 13.2 Å². The van der Waals surface area contributed by atoms with E-state index in [0.717, 1.165) is 5.56 Å². The van der Waals surface area contributed by atoms with Crippen LogP contribution in [0.1, 0.15) is 13.3 Å². The van der Waals surface area contributed by atoms with Crippen molar-refractivity contribution in [2.45, 2.75) is 26.2 Å². The van der Waals surface area contributed by atoms with Gasteiger partial charge in [0.1, 0.15) is 0 Å². The van der Waals surface area contributed by atoms with E-state index in [1.807, 2.05) is 6.92 Å². The molecule has 0 aliphatic heterocycles. The van der Waals surface area contributed by atoms with Crippen LogP contribution in [0.2, 0.25) is 5.02 Å². The van der Waals surface area contributed by atoms with Crippen LogP contribution in [0.5, 0.6) is 0 Å². The SMILES string of the molecule is CCCN(Cn1[nH]c(-c2ccc(Cl)cc2)nc1=S)CC(F)(F)F. The van der Waals surface area contributed by atoms with E-state index in [2.05, 4.69) is 10.1 Å². The Morgan fingerprint density at radius 1 is 1.30 bits per heavy atom. The van der Waals surface area contributed by atoms with Crippen molar-refractivity contribution in [1.82, 2.24) is 19.7 Å². The Hall–Kier alpha value is -1.38. The number of rotatable bonds is 6. The molecule has 1 aromatic carbocycles. The Labute approximate surface area is 141 Å². The fourth-order valence-corrected chi connectivity index (χ4v) is 2.48. The number of hydrogen-bond donors (Lipinski definition) is 1. The first kappa shape index (κ1) is 18.0. The van der Waals surface area contributed by atoms with Crippen LogP contribution in [0.25, 0.3) is 11.4 Å². The Morgan fingerprint density at radius 3 is 2.52 bits per heavy atom. The topological polar surface area (TPSA) is 36.9 Å². The molecule has 0 radical (unpaired) electrons. The molecule has 2 rings (SSSR count). The summed E-state index contributed by atoms with van der Waals surface area (Å²) in [6.07, 6.45) is -3.64. The van der Waals surface area contributed by atoms with E-state index in [1.54, 1.807) is 24.3 Å². The lowest BCUT2D eigenvalue weighted by Crippen LogP contribution is -2.36. The standard InChI is InChI=1S/C14H16ClF3N4S/c1-2-7-21(8-14(16,17)18)9-22-13(23)19-12(20-22)10-3-5-11(15)6-4-10/h3-6H,2,7-9H2,1H3,(H,19,20,23). The van der Waals surface area contributed by atoms with Crippen LogP contribution >= 0.6 is 23.8 Å². The van der Waals surface area contributed by atoms with E-state index in [1.165, 1.54) is 9.58 Å². The second-order valence-corrected chi connectivity index (χ2v) is 5.90. The highest BCUT2D eigenvalue weighted by atomic mass is 35.5. The first-order chi connectivity index (χ1) is 10.8. The molecule has 126 valence electrons. The number of benzene rings is 1. The molecule has 0 bridgehead atoms. The predicted molar refractivity (Wildman–Crippen MR) is 85.8 cm³/mol. The maximum absolute atomic E-state index is 12.6. The maximum Gasteiger partial charge on any atom is 0.401 e. The molecule has 1 N–H and O–H groups in total. The molecule has 23 heavy (non-hydrogen) atoms. The third kappa shape index (κ3) is 5.33. The number of alkyl halides is 3. The Kier molecular flexibility index (Phi) is 5.83. The van der Waals surface area contributed by atoms with Gasteiger partial charge in [-0.2, -0.15) is 18.2 Å². The molecule has 4 nitrogen and oxygen atoms in total. The summed E-state index contributed by atoms with van der Waals surface area (Å²) in [6.45, 7) is 1.16. The van der Waals surface area contributed by atoms with Crippen LogP contribution in [0.3, 0.4) is 0 Å². The van der Waals surface area contributed by atoms with Crippen molar-refractivity contribution in [3.05, 3.63) is 34.1 Å². The van der Waals surface area contributed by atoms with Gasteiger partial charge in [0.05, 0.1) is 13.2 Å². The first-order valence-electron chi connectivity index (χ1n) is 7.00. The minimum atomic E-state index is -4.25. The van der Waals surface area contributed by atoms with Crippen LogP contribution in [0.15, 0.2) is 24.3 Å². The van der Waals surface area contributed by atoms with Gasteiger partial charge in [0, 0.05) is 10.6 Å². The minimum Gasteiger partial charge on any atom is -0.278 e. The van der Waals surface area contributed by atoms with Gasteiger partial charge in [-0.3, -0.25) is 10.00 Å². The van der Waals surface area contributed by atoms with Gasteiger partial charge >= 0.3 is 6.18 Å². The molecule has 0 atom stereocenters. The average Bonchev–Trinajstić information content (AvgIpc) is 2.79. The number of hydrogen-bond acceptors (Lipinski definition) is 3. The molecule has 0 saturated heterocycles. The Bertz CT molecular complexity index is 693. The molecule has 0 spiro atoms. The van der Waals surface area contributed by atoms with E-state index in [4.69, 9.17) is 23.8 Å².